The fourth-order valence-electron chi connectivity index (χ4n) is 10.2. The van der Waals surface area contributed by atoms with Gasteiger partial charge in [-0.1, -0.05) is 81.1 Å². The quantitative estimate of drug-likeness (QED) is 0.303. The first-order valence-corrected chi connectivity index (χ1v) is 15.6. The van der Waals surface area contributed by atoms with Crippen molar-refractivity contribution in [1.29, 1.82) is 0 Å². The topological polar surface area (TPSA) is 47.9 Å². The second kappa shape index (κ2) is 8.97. The van der Waals surface area contributed by atoms with Gasteiger partial charge < -0.3 is 19.3 Å². The summed E-state index contributed by atoms with van der Waals surface area (Å²) in [4.78, 5) is 0. The van der Waals surface area contributed by atoms with Crippen LogP contribution >= 0.6 is 0 Å². The summed E-state index contributed by atoms with van der Waals surface area (Å²) in [5.74, 6) is 2.78. The van der Waals surface area contributed by atoms with E-state index in [1.807, 2.05) is 13.2 Å². The van der Waals surface area contributed by atoms with Crippen molar-refractivity contribution >= 4 is 10.8 Å². The SMILES string of the molecule is CO[C@]12CC[C@@]3(C[C@@H]1COCc1cccc4ccccc14)C(C)Cc1ccc(O)c4c1C3(CCCC1CC1)[C@H]2O4. The lowest BCUT2D eigenvalue weighted by molar-refractivity contribution is -0.270. The summed E-state index contributed by atoms with van der Waals surface area (Å²) in [7, 11) is 1.90. The lowest BCUT2D eigenvalue weighted by Gasteiger charge is -2.70. The van der Waals surface area contributed by atoms with Gasteiger partial charge in [0.05, 0.1) is 13.2 Å². The molecule has 0 saturated heterocycles. The van der Waals surface area contributed by atoms with E-state index in [1.165, 1.54) is 59.6 Å². The molecule has 2 bridgehead atoms. The second-order valence-electron chi connectivity index (χ2n) is 13.7. The highest BCUT2D eigenvalue weighted by atomic mass is 16.6. The third-order valence-electron chi connectivity index (χ3n) is 12.1. The summed E-state index contributed by atoms with van der Waals surface area (Å²) < 4.78 is 20.3. The third kappa shape index (κ3) is 3.27. The minimum atomic E-state index is -0.417. The minimum Gasteiger partial charge on any atom is -0.504 e. The van der Waals surface area contributed by atoms with Gasteiger partial charge >= 0.3 is 0 Å². The molecule has 40 heavy (non-hydrogen) atoms. The van der Waals surface area contributed by atoms with E-state index in [0.29, 0.717) is 24.9 Å². The van der Waals surface area contributed by atoms with Gasteiger partial charge in [-0.15, -0.1) is 0 Å². The molecule has 6 aliphatic rings. The van der Waals surface area contributed by atoms with Crippen LogP contribution in [0.4, 0.5) is 0 Å². The van der Waals surface area contributed by atoms with Crippen LogP contribution in [0.25, 0.3) is 10.8 Å². The van der Waals surface area contributed by atoms with E-state index in [0.717, 1.165) is 37.4 Å². The smallest absolute Gasteiger partial charge is 0.165 e. The van der Waals surface area contributed by atoms with Gasteiger partial charge in [0.2, 0.25) is 0 Å². The van der Waals surface area contributed by atoms with Gasteiger partial charge in [0.15, 0.2) is 11.5 Å². The molecule has 210 valence electrons. The van der Waals surface area contributed by atoms with E-state index in [1.54, 1.807) is 0 Å². The number of phenolic OH excluding ortho intramolecular Hbond substituents is 1. The molecule has 5 aliphatic carbocycles. The number of aromatic hydroxyl groups is 1. The lowest BCUT2D eigenvalue weighted by atomic mass is 9.35. The highest BCUT2D eigenvalue weighted by molar-refractivity contribution is 5.85. The summed E-state index contributed by atoms with van der Waals surface area (Å²) in [5, 5.41) is 13.6. The highest BCUT2D eigenvalue weighted by Gasteiger charge is 2.78. The average molecular weight is 539 g/mol. The molecule has 4 heteroatoms. The van der Waals surface area contributed by atoms with Gasteiger partial charge in [-0.3, -0.25) is 0 Å². The normalized spacial score (nSPS) is 35.1. The maximum atomic E-state index is 11.1. The molecule has 4 nitrogen and oxygen atoms in total. The van der Waals surface area contributed by atoms with Gasteiger partial charge in [0, 0.05) is 24.0 Å². The molecule has 1 heterocycles. The summed E-state index contributed by atoms with van der Waals surface area (Å²) in [5.41, 5.74) is 3.60. The zero-order chi connectivity index (χ0) is 27.1. The molecule has 9 rings (SSSR count). The molecular formula is C36H42O4. The molecule has 0 aromatic heterocycles. The Hall–Kier alpha value is -2.56. The Morgan fingerprint density at radius 3 is 2.73 bits per heavy atom. The van der Waals surface area contributed by atoms with E-state index in [2.05, 4.69) is 55.5 Å². The zero-order valence-electron chi connectivity index (χ0n) is 24.0. The van der Waals surface area contributed by atoms with Gasteiger partial charge in [-0.05, 0) is 77.3 Å². The molecule has 4 saturated carbocycles. The van der Waals surface area contributed by atoms with Crippen LogP contribution in [0.1, 0.15) is 75.0 Å². The van der Waals surface area contributed by atoms with Crippen LogP contribution in [-0.4, -0.2) is 30.5 Å². The number of hydrogen-bond acceptors (Lipinski definition) is 4. The minimum absolute atomic E-state index is 0.0809. The molecule has 1 N–H and O–H groups in total. The molecule has 1 aliphatic heterocycles. The standard InChI is InChI=1S/C36H42O4/c1-23-19-26-14-15-30(37)32-31(26)35(16-6-7-24-12-13-24)33(40-32)36(38-2)18-17-34(23,35)20-28(36)22-39-21-27-10-5-9-25-8-3-4-11-29(25)27/h3-5,8-11,14-15,23-24,28,33,37H,6-7,12-13,16-22H2,1-2H3/t23?,28-,33-,34-,35?,36-/m1/s1. The Labute approximate surface area is 238 Å². The van der Waals surface area contributed by atoms with Crippen LogP contribution in [0.3, 0.4) is 0 Å². The lowest BCUT2D eigenvalue weighted by Crippen LogP contribution is -2.76. The summed E-state index contributed by atoms with van der Waals surface area (Å²) in [6.07, 6.45) is 10.7. The number of fused-ring (bicyclic) bond motifs is 3. The summed E-state index contributed by atoms with van der Waals surface area (Å²) in [6, 6.07) is 19.1. The fraction of sp³-hybridized carbons (Fsp3) is 0.556. The molecular weight excluding hydrogens is 496 g/mol. The molecule has 0 amide bonds. The number of rotatable bonds is 9. The molecule has 1 spiro atoms. The fourth-order valence-corrected chi connectivity index (χ4v) is 10.2. The van der Waals surface area contributed by atoms with Crippen LogP contribution in [0.15, 0.2) is 54.6 Å². The average Bonchev–Trinajstić information content (AvgIpc) is 3.72. The summed E-state index contributed by atoms with van der Waals surface area (Å²) >= 11 is 0. The van der Waals surface area contributed by atoms with Crippen molar-refractivity contribution in [3.63, 3.8) is 0 Å². The molecule has 3 aromatic rings. The van der Waals surface area contributed by atoms with Crippen LogP contribution in [0.5, 0.6) is 11.5 Å². The monoisotopic (exact) mass is 538 g/mol. The van der Waals surface area contributed by atoms with E-state index in [-0.39, 0.29) is 22.9 Å². The van der Waals surface area contributed by atoms with E-state index < -0.39 is 5.60 Å². The van der Waals surface area contributed by atoms with Crippen molar-refractivity contribution < 1.29 is 19.3 Å². The number of methoxy groups -OCH3 is 1. The summed E-state index contributed by atoms with van der Waals surface area (Å²) in [6.45, 7) is 3.76. The Morgan fingerprint density at radius 2 is 1.88 bits per heavy atom. The van der Waals surface area contributed by atoms with Gasteiger partial charge in [0.25, 0.3) is 0 Å². The predicted molar refractivity (Wildman–Crippen MR) is 157 cm³/mol. The number of phenols is 1. The van der Waals surface area contributed by atoms with Gasteiger partial charge in [-0.2, -0.15) is 0 Å². The van der Waals surface area contributed by atoms with E-state index in [9.17, 15) is 5.11 Å². The Morgan fingerprint density at radius 1 is 1.02 bits per heavy atom. The van der Waals surface area contributed by atoms with Crippen molar-refractivity contribution in [3.05, 3.63) is 71.3 Å². The molecule has 3 aromatic carbocycles. The van der Waals surface area contributed by atoms with Crippen LogP contribution < -0.4 is 4.74 Å². The van der Waals surface area contributed by atoms with E-state index >= 15 is 0 Å². The van der Waals surface area contributed by atoms with Crippen molar-refractivity contribution in [3.8, 4) is 11.5 Å². The van der Waals surface area contributed by atoms with Crippen LogP contribution in [0.2, 0.25) is 0 Å². The van der Waals surface area contributed by atoms with Crippen molar-refractivity contribution in [2.24, 2.45) is 23.2 Å². The van der Waals surface area contributed by atoms with Crippen LogP contribution in [-0.2, 0) is 27.9 Å². The maximum Gasteiger partial charge on any atom is 0.165 e. The Balaban J connectivity index is 1.16. The second-order valence-corrected chi connectivity index (χ2v) is 13.7. The largest absolute Gasteiger partial charge is 0.504 e. The number of ether oxygens (including phenoxy) is 3. The number of hydrogen-bond donors (Lipinski definition) is 1. The zero-order valence-corrected chi connectivity index (χ0v) is 24.0. The first-order chi connectivity index (χ1) is 19.5. The molecule has 4 fully saturated rings. The predicted octanol–water partition coefficient (Wildman–Crippen LogP) is 7.72. The van der Waals surface area contributed by atoms with Crippen LogP contribution in [0, 0.1) is 23.2 Å². The highest BCUT2D eigenvalue weighted by Crippen LogP contribution is 2.76. The van der Waals surface area contributed by atoms with Crippen molar-refractivity contribution in [1.82, 2.24) is 0 Å². The Kier molecular flexibility index (Phi) is 5.64. The first kappa shape index (κ1) is 25.2. The van der Waals surface area contributed by atoms with E-state index in [4.69, 9.17) is 14.2 Å². The number of benzene rings is 3. The van der Waals surface area contributed by atoms with Crippen molar-refractivity contribution in [2.45, 2.75) is 88.4 Å². The third-order valence-corrected chi connectivity index (χ3v) is 12.1. The molecule has 6 atom stereocenters. The maximum absolute atomic E-state index is 11.1. The first-order valence-electron chi connectivity index (χ1n) is 15.6. The molecule has 2 unspecified atom stereocenters. The van der Waals surface area contributed by atoms with Gasteiger partial charge in [-0.25, -0.2) is 0 Å². The Bertz CT molecular complexity index is 1460. The molecule has 0 radical (unpaired) electrons. The van der Waals surface area contributed by atoms with Gasteiger partial charge in [0.1, 0.15) is 11.7 Å². The van der Waals surface area contributed by atoms with Crippen molar-refractivity contribution in [2.75, 3.05) is 13.7 Å².